The number of hydrogen-bond donors (Lipinski definition) is 0. The Labute approximate surface area is 165 Å². The quantitative estimate of drug-likeness (QED) is 0.563. The van der Waals surface area contributed by atoms with Gasteiger partial charge in [-0.2, -0.15) is 0 Å². The summed E-state index contributed by atoms with van der Waals surface area (Å²) in [6.45, 7) is 12.2. The number of carbonyl (C=O) groups excluding carboxylic acids is 1. The number of nitrogens with zero attached hydrogens (tertiary/aromatic N) is 2. The first-order chi connectivity index (χ1) is 13.1. The van der Waals surface area contributed by atoms with Gasteiger partial charge in [-0.05, 0) is 68.5 Å². The standard InChI is InChI=1S/C24H34N2O/c1-5-16-26(17-6-2)23-11-9-10-21(19-23)18-20-12-14-22(15-13-20)24(27)25(7-3)8-4/h9-15,19H,5-8,16-18H2,1-4H3. The molecule has 0 atom stereocenters. The molecule has 27 heavy (non-hydrogen) atoms. The number of carbonyl (C=O) groups is 1. The fourth-order valence-corrected chi connectivity index (χ4v) is 3.47. The van der Waals surface area contributed by atoms with E-state index in [2.05, 4.69) is 55.1 Å². The van der Waals surface area contributed by atoms with E-state index in [9.17, 15) is 4.79 Å². The monoisotopic (exact) mass is 366 g/mol. The van der Waals surface area contributed by atoms with Crippen LogP contribution in [0.4, 0.5) is 5.69 Å². The molecule has 0 aliphatic carbocycles. The Balaban J connectivity index is 2.11. The van der Waals surface area contributed by atoms with Gasteiger partial charge in [-0.25, -0.2) is 0 Å². The molecule has 0 saturated carbocycles. The van der Waals surface area contributed by atoms with Crippen LogP contribution in [0.2, 0.25) is 0 Å². The summed E-state index contributed by atoms with van der Waals surface area (Å²) in [7, 11) is 0. The largest absolute Gasteiger partial charge is 0.372 e. The summed E-state index contributed by atoms with van der Waals surface area (Å²) in [5, 5.41) is 0. The van der Waals surface area contributed by atoms with Crippen LogP contribution in [-0.2, 0) is 6.42 Å². The molecule has 2 aromatic rings. The van der Waals surface area contributed by atoms with Crippen molar-refractivity contribution in [2.45, 2.75) is 47.0 Å². The van der Waals surface area contributed by atoms with Crippen molar-refractivity contribution in [2.24, 2.45) is 0 Å². The Kier molecular flexibility index (Phi) is 8.38. The third-order valence-corrected chi connectivity index (χ3v) is 4.92. The Morgan fingerprint density at radius 3 is 2.00 bits per heavy atom. The lowest BCUT2D eigenvalue weighted by molar-refractivity contribution is 0.0773. The van der Waals surface area contributed by atoms with E-state index in [0.717, 1.165) is 51.0 Å². The molecule has 0 unspecified atom stereocenters. The van der Waals surface area contributed by atoms with Crippen LogP contribution in [0.1, 0.15) is 62.0 Å². The second-order valence-corrected chi connectivity index (χ2v) is 7.01. The van der Waals surface area contributed by atoms with Crippen LogP contribution in [-0.4, -0.2) is 37.0 Å². The summed E-state index contributed by atoms with van der Waals surface area (Å²) in [6, 6.07) is 16.9. The lowest BCUT2D eigenvalue weighted by Gasteiger charge is -2.24. The van der Waals surface area contributed by atoms with E-state index in [4.69, 9.17) is 0 Å². The second kappa shape index (κ2) is 10.8. The molecule has 0 aliphatic rings. The highest BCUT2D eigenvalue weighted by Gasteiger charge is 2.12. The second-order valence-electron chi connectivity index (χ2n) is 7.01. The SMILES string of the molecule is CCCN(CCC)c1cccc(Cc2ccc(C(=O)N(CC)CC)cc2)c1. The van der Waals surface area contributed by atoms with Gasteiger partial charge < -0.3 is 9.80 Å². The molecule has 0 bridgehead atoms. The predicted molar refractivity (Wildman–Crippen MR) is 116 cm³/mol. The minimum absolute atomic E-state index is 0.114. The molecule has 3 nitrogen and oxygen atoms in total. The number of benzene rings is 2. The molecule has 0 radical (unpaired) electrons. The maximum absolute atomic E-state index is 12.4. The summed E-state index contributed by atoms with van der Waals surface area (Å²) < 4.78 is 0. The van der Waals surface area contributed by atoms with Crippen molar-refractivity contribution in [3.8, 4) is 0 Å². The molecule has 2 rings (SSSR count). The molecule has 0 aromatic heterocycles. The fourth-order valence-electron chi connectivity index (χ4n) is 3.47. The van der Waals surface area contributed by atoms with Gasteiger partial charge in [0, 0.05) is 37.4 Å². The topological polar surface area (TPSA) is 23.6 Å². The van der Waals surface area contributed by atoms with E-state index >= 15 is 0 Å². The van der Waals surface area contributed by atoms with E-state index in [-0.39, 0.29) is 5.91 Å². The lowest BCUT2D eigenvalue weighted by Crippen LogP contribution is -2.30. The van der Waals surface area contributed by atoms with Crippen LogP contribution in [0, 0.1) is 0 Å². The highest BCUT2D eigenvalue weighted by atomic mass is 16.2. The Bertz CT molecular complexity index is 699. The fraction of sp³-hybridized carbons (Fsp3) is 0.458. The van der Waals surface area contributed by atoms with Crippen LogP contribution >= 0.6 is 0 Å². The molecular weight excluding hydrogens is 332 g/mol. The normalized spacial score (nSPS) is 10.7. The van der Waals surface area contributed by atoms with Gasteiger partial charge in [-0.15, -0.1) is 0 Å². The van der Waals surface area contributed by atoms with Gasteiger partial charge in [0.05, 0.1) is 0 Å². The third kappa shape index (κ3) is 5.85. The van der Waals surface area contributed by atoms with E-state index in [0.29, 0.717) is 0 Å². The summed E-state index contributed by atoms with van der Waals surface area (Å²) in [4.78, 5) is 16.8. The van der Waals surface area contributed by atoms with E-state index in [1.54, 1.807) is 0 Å². The molecule has 2 aromatic carbocycles. The van der Waals surface area contributed by atoms with Crippen LogP contribution in [0.25, 0.3) is 0 Å². The maximum atomic E-state index is 12.4. The molecule has 0 saturated heterocycles. The molecule has 0 heterocycles. The summed E-state index contributed by atoms with van der Waals surface area (Å²) in [6.07, 6.45) is 3.21. The van der Waals surface area contributed by atoms with Crippen LogP contribution in [0.3, 0.4) is 0 Å². The first kappa shape index (κ1) is 21.0. The van der Waals surface area contributed by atoms with Gasteiger partial charge in [0.2, 0.25) is 0 Å². The highest BCUT2D eigenvalue weighted by Crippen LogP contribution is 2.20. The molecule has 1 amide bonds. The zero-order valence-electron chi connectivity index (χ0n) is 17.4. The first-order valence-corrected chi connectivity index (χ1v) is 10.3. The summed E-state index contributed by atoms with van der Waals surface area (Å²) >= 11 is 0. The van der Waals surface area contributed by atoms with E-state index in [1.165, 1.54) is 16.8 Å². The van der Waals surface area contributed by atoms with Crippen molar-refractivity contribution in [3.05, 3.63) is 65.2 Å². The van der Waals surface area contributed by atoms with E-state index < -0.39 is 0 Å². The molecule has 146 valence electrons. The van der Waals surface area contributed by atoms with Gasteiger partial charge in [0.15, 0.2) is 0 Å². The minimum Gasteiger partial charge on any atom is -0.372 e. The van der Waals surface area contributed by atoms with E-state index in [1.807, 2.05) is 30.9 Å². The van der Waals surface area contributed by atoms with Crippen molar-refractivity contribution in [2.75, 3.05) is 31.1 Å². The van der Waals surface area contributed by atoms with Crippen molar-refractivity contribution in [1.29, 1.82) is 0 Å². The predicted octanol–water partition coefficient (Wildman–Crippen LogP) is 5.39. The molecule has 0 spiro atoms. The Morgan fingerprint density at radius 2 is 1.44 bits per heavy atom. The van der Waals surface area contributed by atoms with Crippen molar-refractivity contribution in [1.82, 2.24) is 4.90 Å². The molecular formula is C24H34N2O. The zero-order valence-corrected chi connectivity index (χ0v) is 17.4. The molecule has 3 heteroatoms. The van der Waals surface area contributed by atoms with Crippen molar-refractivity contribution >= 4 is 11.6 Å². The van der Waals surface area contributed by atoms with Crippen LogP contribution < -0.4 is 4.90 Å². The number of amides is 1. The molecule has 0 fully saturated rings. The first-order valence-electron chi connectivity index (χ1n) is 10.3. The zero-order chi connectivity index (χ0) is 19.6. The average molecular weight is 367 g/mol. The summed E-state index contributed by atoms with van der Waals surface area (Å²) in [5.74, 6) is 0.114. The Morgan fingerprint density at radius 1 is 0.815 bits per heavy atom. The van der Waals surface area contributed by atoms with Crippen LogP contribution in [0.15, 0.2) is 48.5 Å². The smallest absolute Gasteiger partial charge is 0.253 e. The minimum atomic E-state index is 0.114. The third-order valence-electron chi connectivity index (χ3n) is 4.92. The van der Waals surface area contributed by atoms with Gasteiger partial charge in [0.1, 0.15) is 0 Å². The molecule has 0 N–H and O–H groups in total. The van der Waals surface area contributed by atoms with Gasteiger partial charge in [-0.3, -0.25) is 4.79 Å². The van der Waals surface area contributed by atoms with Gasteiger partial charge >= 0.3 is 0 Å². The number of rotatable bonds is 10. The number of hydrogen-bond acceptors (Lipinski definition) is 2. The molecule has 0 aliphatic heterocycles. The highest BCUT2D eigenvalue weighted by molar-refractivity contribution is 5.94. The van der Waals surface area contributed by atoms with Gasteiger partial charge in [0.25, 0.3) is 5.91 Å². The average Bonchev–Trinajstić information content (AvgIpc) is 2.69. The maximum Gasteiger partial charge on any atom is 0.253 e. The number of anilines is 1. The van der Waals surface area contributed by atoms with Crippen molar-refractivity contribution < 1.29 is 4.79 Å². The van der Waals surface area contributed by atoms with Crippen LogP contribution in [0.5, 0.6) is 0 Å². The van der Waals surface area contributed by atoms with Gasteiger partial charge in [-0.1, -0.05) is 38.1 Å². The summed E-state index contributed by atoms with van der Waals surface area (Å²) in [5.41, 5.74) is 4.63. The Hall–Kier alpha value is -2.29. The van der Waals surface area contributed by atoms with Crippen molar-refractivity contribution in [3.63, 3.8) is 0 Å². The lowest BCUT2D eigenvalue weighted by atomic mass is 10.0.